The number of nitrogens with one attached hydrogen (secondary N) is 1. The molecule has 0 aliphatic carbocycles. The van der Waals surface area contributed by atoms with Gasteiger partial charge in [0.2, 0.25) is 0 Å². The molecular formula is C20H19FN4O3S. The van der Waals surface area contributed by atoms with Gasteiger partial charge in [-0.2, -0.15) is 5.10 Å². The molecule has 0 radical (unpaired) electrons. The van der Waals surface area contributed by atoms with Gasteiger partial charge in [-0.25, -0.2) is 23.2 Å². The van der Waals surface area contributed by atoms with Crippen molar-refractivity contribution in [2.45, 2.75) is 31.7 Å². The van der Waals surface area contributed by atoms with Crippen molar-refractivity contribution in [3.63, 3.8) is 0 Å². The molecule has 0 saturated carbocycles. The van der Waals surface area contributed by atoms with Crippen molar-refractivity contribution < 1.29 is 17.6 Å². The molecular weight excluding hydrogens is 395 g/mol. The van der Waals surface area contributed by atoms with Crippen molar-refractivity contribution in [1.82, 2.24) is 15.0 Å². The van der Waals surface area contributed by atoms with Crippen LogP contribution in [0.2, 0.25) is 0 Å². The first-order valence-electron chi connectivity index (χ1n) is 9.16. The number of hydrazone groups is 1. The number of benzene rings is 2. The van der Waals surface area contributed by atoms with Crippen LogP contribution in [0.1, 0.15) is 35.1 Å². The summed E-state index contributed by atoms with van der Waals surface area (Å²) in [4.78, 5) is 17.1. The van der Waals surface area contributed by atoms with Crippen LogP contribution in [0.5, 0.6) is 0 Å². The number of fused-ring (bicyclic) bond motifs is 2. The van der Waals surface area contributed by atoms with Crippen LogP contribution in [0, 0.1) is 12.7 Å². The standard InChI is InChI=1S/C20H19FN4O3S/c1-3-25-12(2)22-17-10-13(4-6-18(17)25)20(26)24-23-16-8-9-29(27,28)19-7-5-14(21)11-15(16)19/h4-7,10-11H,3,8-9H2,1-2H3,(H,24,26). The normalized spacial score (nSPS) is 16.7. The molecule has 0 saturated heterocycles. The molecule has 1 amide bonds. The van der Waals surface area contributed by atoms with Gasteiger partial charge in [0.25, 0.3) is 5.91 Å². The summed E-state index contributed by atoms with van der Waals surface area (Å²) in [5.74, 6) is -0.288. The summed E-state index contributed by atoms with van der Waals surface area (Å²) in [5, 5.41) is 4.09. The average molecular weight is 414 g/mol. The number of hydrogen-bond donors (Lipinski definition) is 1. The molecule has 1 N–H and O–H groups in total. The molecule has 2 heterocycles. The lowest BCUT2D eigenvalue weighted by atomic mass is 10.1. The van der Waals surface area contributed by atoms with Gasteiger partial charge in [0, 0.05) is 24.1 Å². The van der Waals surface area contributed by atoms with Crippen LogP contribution in [0.3, 0.4) is 0 Å². The van der Waals surface area contributed by atoms with Crippen molar-refractivity contribution in [2.75, 3.05) is 5.75 Å². The molecule has 0 fully saturated rings. The van der Waals surface area contributed by atoms with Crippen LogP contribution >= 0.6 is 0 Å². The van der Waals surface area contributed by atoms with E-state index >= 15 is 0 Å². The fraction of sp³-hybridized carbons (Fsp3) is 0.250. The summed E-state index contributed by atoms with van der Waals surface area (Å²) >= 11 is 0. The third kappa shape index (κ3) is 3.42. The zero-order valence-corrected chi connectivity index (χ0v) is 16.8. The highest BCUT2D eigenvalue weighted by Gasteiger charge is 2.28. The predicted octanol–water partition coefficient (Wildman–Crippen LogP) is 2.82. The Morgan fingerprint density at radius 3 is 2.83 bits per heavy atom. The Bertz CT molecular complexity index is 1280. The molecule has 0 atom stereocenters. The minimum atomic E-state index is -3.48. The van der Waals surface area contributed by atoms with Gasteiger partial charge in [-0.3, -0.25) is 4.79 Å². The number of aryl methyl sites for hydroxylation is 2. The van der Waals surface area contributed by atoms with Gasteiger partial charge in [-0.15, -0.1) is 0 Å². The largest absolute Gasteiger partial charge is 0.329 e. The number of carbonyl (C=O) groups is 1. The van der Waals surface area contributed by atoms with E-state index in [0.29, 0.717) is 16.8 Å². The molecule has 1 aliphatic heterocycles. The van der Waals surface area contributed by atoms with Crippen molar-refractivity contribution in [3.8, 4) is 0 Å². The molecule has 1 aromatic heterocycles. The first-order valence-corrected chi connectivity index (χ1v) is 10.8. The zero-order chi connectivity index (χ0) is 20.8. The first kappa shape index (κ1) is 19.3. The Hall–Kier alpha value is -3.07. The summed E-state index contributed by atoms with van der Waals surface area (Å²) < 4.78 is 40.1. The molecule has 3 aromatic rings. The zero-order valence-electron chi connectivity index (χ0n) is 15.9. The second-order valence-electron chi connectivity index (χ2n) is 6.82. The van der Waals surface area contributed by atoms with Crippen LogP contribution in [0.4, 0.5) is 4.39 Å². The van der Waals surface area contributed by atoms with E-state index in [1.807, 2.05) is 24.5 Å². The number of nitrogens with zero attached hydrogens (tertiary/aromatic N) is 3. The second kappa shape index (κ2) is 7.07. The monoisotopic (exact) mass is 414 g/mol. The number of amides is 1. The number of carbonyl (C=O) groups excluding carboxylic acids is 1. The van der Waals surface area contributed by atoms with E-state index in [1.54, 1.807) is 12.1 Å². The van der Waals surface area contributed by atoms with Crippen molar-refractivity contribution >= 4 is 32.5 Å². The average Bonchev–Trinajstić information content (AvgIpc) is 3.00. The fourth-order valence-electron chi connectivity index (χ4n) is 3.56. The second-order valence-corrected chi connectivity index (χ2v) is 8.89. The molecule has 0 bridgehead atoms. The van der Waals surface area contributed by atoms with Gasteiger partial charge in [0.1, 0.15) is 11.6 Å². The van der Waals surface area contributed by atoms with E-state index in [4.69, 9.17) is 0 Å². The number of imidazole rings is 1. The summed E-state index contributed by atoms with van der Waals surface area (Å²) in [7, 11) is -3.48. The summed E-state index contributed by atoms with van der Waals surface area (Å²) in [6.07, 6.45) is 0.0954. The van der Waals surface area contributed by atoms with E-state index in [1.165, 1.54) is 6.07 Å². The van der Waals surface area contributed by atoms with E-state index in [9.17, 15) is 17.6 Å². The van der Waals surface area contributed by atoms with Gasteiger partial charge < -0.3 is 4.57 Å². The van der Waals surface area contributed by atoms with Crippen molar-refractivity contribution in [1.29, 1.82) is 0 Å². The van der Waals surface area contributed by atoms with E-state index < -0.39 is 21.6 Å². The quantitative estimate of drug-likeness (QED) is 0.527. The Morgan fingerprint density at radius 1 is 1.28 bits per heavy atom. The smallest absolute Gasteiger partial charge is 0.271 e. The number of rotatable bonds is 3. The van der Waals surface area contributed by atoms with Gasteiger partial charge in [0.05, 0.1) is 27.4 Å². The lowest BCUT2D eigenvalue weighted by molar-refractivity contribution is 0.0955. The van der Waals surface area contributed by atoms with E-state index in [2.05, 4.69) is 15.5 Å². The maximum Gasteiger partial charge on any atom is 0.271 e. The molecule has 2 aromatic carbocycles. The Morgan fingerprint density at radius 2 is 2.07 bits per heavy atom. The number of aromatic nitrogens is 2. The Labute approximate surface area is 167 Å². The van der Waals surface area contributed by atoms with Gasteiger partial charge in [-0.05, 0) is 50.2 Å². The third-order valence-electron chi connectivity index (χ3n) is 5.01. The minimum Gasteiger partial charge on any atom is -0.329 e. The number of halogens is 1. The van der Waals surface area contributed by atoms with Crippen LogP contribution in [-0.2, 0) is 16.4 Å². The summed E-state index contributed by atoms with van der Waals surface area (Å²) in [5.41, 5.74) is 5.00. The SMILES string of the molecule is CCn1c(C)nc2cc(C(=O)NN=C3CCS(=O)(=O)c4ccc(F)cc43)ccc21. The fourth-order valence-corrected chi connectivity index (χ4v) is 5.03. The molecule has 150 valence electrons. The summed E-state index contributed by atoms with van der Waals surface area (Å²) in [6, 6.07) is 8.66. The Balaban J connectivity index is 1.64. The number of sulfone groups is 1. The highest BCUT2D eigenvalue weighted by molar-refractivity contribution is 7.91. The highest BCUT2D eigenvalue weighted by atomic mass is 32.2. The molecule has 0 spiro atoms. The van der Waals surface area contributed by atoms with E-state index in [0.717, 1.165) is 30.0 Å². The predicted molar refractivity (Wildman–Crippen MR) is 107 cm³/mol. The maximum atomic E-state index is 13.6. The van der Waals surface area contributed by atoms with Crippen LogP contribution in [0.25, 0.3) is 11.0 Å². The highest BCUT2D eigenvalue weighted by Crippen LogP contribution is 2.26. The summed E-state index contributed by atoms with van der Waals surface area (Å²) in [6.45, 7) is 4.71. The lowest BCUT2D eigenvalue weighted by Gasteiger charge is -2.18. The molecule has 29 heavy (non-hydrogen) atoms. The van der Waals surface area contributed by atoms with Crippen LogP contribution in [0.15, 0.2) is 46.4 Å². The minimum absolute atomic E-state index is 0.0279. The third-order valence-corrected chi connectivity index (χ3v) is 6.77. The molecule has 4 rings (SSSR count). The molecule has 0 unspecified atom stereocenters. The van der Waals surface area contributed by atoms with Crippen molar-refractivity contribution in [3.05, 3.63) is 59.2 Å². The van der Waals surface area contributed by atoms with E-state index in [-0.39, 0.29) is 22.6 Å². The lowest BCUT2D eigenvalue weighted by Crippen LogP contribution is -2.26. The van der Waals surface area contributed by atoms with Gasteiger partial charge in [0.15, 0.2) is 9.84 Å². The topological polar surface area (TPSA) is 93.4 Å². The molecule has 7 nitrogen and oxygen atoms in total. The Kier molecular flexibility index (Phi) is 4.70. The maximum absolute atomic E-state index is 13.6. The molecule has 1 aliphatic rings. The van der Waals surface area contributed by atoms with Gasteiger partial charge >= 0.3 is 0 Å². The number of hydrogen-bond acceptors (Lipinski definition) is 5. The van der Waals surface area contributed by atoms with Crippen molar-refractivity contribution in [2.24, 2.45) is 5.10 Å². The molecule has 9 heteroatoms. The first-order chi connectivity index (χ1) is 13.8. The van der Waals surface area contributed by atoms with Gasteiger partial charge in [-0.1, -0.05) is 0 Å². The van der Waals surface area contributed by atoms with Crippen LogP contribution in [-0.4, -0.2) is 35.3 Å². The van der Waals surface area contributed by atoms with Crippen LogP contribution < -0.4 is 5.43 Å².